The molecule has 0 aromatic heterocycles. The molecule has 0 spiro atoms. The van der Waals surface area contributed by atoms with Crippen LogP contribution >= 0.6 is 0 Å². The van der Waals surface area contributed by atoms with Gasteiger partial charge in [0.1, 0.15) is 11.3 Å². The Kier molecular flexibility index (Phi) is 2.74. The number of aryl methyl sites for hydroxylation is 1. The third-order valence-electron chi connectivity index (χ3n) is 6.85. The molecule has 0 amide bonds. The number of hydroxylamine groups is 3. The zero-order valence-corrected chi connectivity index (χ0v) is 13.2. The number of benzene rings is 1. The van der Waals surface area contributed by atoms with Crippen LogP contribution in [0.1, 0.15) is 49.7 Å². The Morgan fingerprint density at radius 3 is 2.76 bits per heavy atom. The molecule has 1 heterocycles. The van der Waals surface area contributed by atoms with Crippen molar-refractivity contribution in [3.05, 3.63) is 34.5 Å². The number of likely N-dealkylation sites (tertiary alicyclic amines) is 1. The van der Waals surface area contributed by atoms with Gasteiger partial charge in [-0.25, -0.2) is 0 Å². The lowest BCUT2D eigenvalue weighted by Gasteiger charge is -2.60. The molecule has 0 N–H and O–H groups in total. The Labute approximate surface area is 127 Å². The van der Waals surface area contributed by atoms with Gasteiger partial charge in [-0.1, -0.05) is 12.5 Å². The first kappa shape index (κ1) is 13.6. The molecule has 4 rings (SSSR count). The number of rotatable bonds is 1. The van der Waals surface area contributed by atoms with Crippen LogP contribution in [0.15, 0.2) is 18.2 Å². The normalized spacial score (nSPS) is 41.1. The van der Waals surface area contributed by atoms with E-state index in [1.54, 1.807) is 7.11 Å². The molecule has 1 unspecified atom stereocenters. The van der Waals surface area contributed by atoms with Gasteiger partial charge in [0.15, 0.2) is 0 Å². The number of methoxy groups -OCH3 is 1. The SMILES string of the molecule is COc1ccc2c(c1)[C@]13CCCC[C@@]1(CC2)[N+](C)([O-])CC3. The quantitative estimate of drug-likeness (QED) is 0.584. The summed E-state index contributed by atoms with van der Waals surface area (Å²) in [6.45, 7) is 0.774. The predicted molar refractivity (Wildman–Crippen MR) is 83.2 cm³/mol. The molecule has 2 fully saturated rings. The van der Waals surface area contributed by atoms with E-state index in [-0.39, 0.29) is 15.6 Å². The van der Waals surface area contributed by atoms with Crippen LogP contribution < -0.4 is 4.74 Å². The molecule has 2 aliphatic carbocycles. The van der Waals surface area contributed by atoms with Crippen LogP contribution in [-0.2, 0) is 11.8 Å². The number of likely N-dealkylation sites (N-methyl/N-ethyl adjacent to an activating group) is 1. The maximum Gasteiger partial charge on any atom is 0.119 e. The molecule has 1 aromatic rings. The molecule has 1 aromatic carbocycles. The van der Waals surface area contributed by atoms with Crippen molar-refractivity contribution >= 4 is 0 Å². The van der Waals surface area contributed by atoms with Crippen molar-refractivity contribution in [2.75, 3.05) is 20.7 Å². The van der Waals surface area contributed by atoms with E-state index in [0.717, 1.165) is 38.0 Å². The van der Waals surface area contributed by atoms with E-state index in [1.807, 2.05) is 7.05 Å². The monoisotopic (exact) mass is 287 g/mol. The lowest BCUT2D eigenvalue weighted by Crippen LogP contribution is -2.65. The predicted octanol–water partition coefficient (Wildman–Crippen LogP) is 3.54. The Morgan fingerprint density at radius 2 is 1.95 bits per heavy atom. The summed E-state index contributed by atoms with van der Waals surface area (Å²) in [5.74, 6) is 0.941. The fourth-order valence-corrected chi connectivity index (χ4v) is 5.79. The second-order valence-corrected chi connectivity index (χ2v) is 7.42. The van der Waals surface area contributed by atoms with Crippen molar-refractivity contribution in [1.29, 1.82) is 0 Å². The maximum atomic E-state index is 13.3. The van der Waals surface area contributed by atoms with Crippen LogP contribution in [0.3, 0.4) is 0 Å². The van der Waals surface area contributed by atoms with Crippen LogP contribution in [0.5, 0.6) is 5.75 Å². The molecular formula is C18H25NO2. The maximum absolute atomic E-state index is 13.3. The summed E-state index contributed by atoms with van der Waals surface area (Å²) in [6.07, 6.45) is 7.93. The minimum absolute atomic E-state index is 0.0242. The number of quaternary nitrogens is 1. The van der Waals surface area contributed by atoms with Crippen molar-refractivity contribution in [2.45, 2.75) is 55.9 Å². The van der Waals surface area contributed by atoms with E-state index in [0.29, 0.717) is 0 Å². The van der Waals surface area contributed by atoms with E-state index in [4.69, 9.17) is 4.74 Å². The van der Waals surface area contributed by atoms with Crippen LogP contribution in [-0.4, -0.2) is 30.9 Å². The first-order valence-corrected chi connectivity index (χ1v) is 8.29. The van der Waals surface area contributed by atoms with E-state index < -0.39 is 0 Å². The van der Waals surface area contributed by atoms with Crippen molar-refractivity contribution in [1.82, 2.24) is 0 Å². The second kappa shape index (κ2) is 4.23. The molecule has 1 saturated heterocycles. The number of fused-ring (bicyclic) bond motifs is 1. The van der Waals surface area contributed by atoms with E-state index in [9.17, 15) is 5.21 Å². The molecule has 0 bridgehead atoms. The summed E-state index contributed by atoms with van der Waals surface area (Å²) >= 11 is 0. The average Bonchev–Trinajstić information content (AvgIpc) is 2.76. The second-order valence-electron chi connectivity index (χ2n) is 7.42. The number of hydrogen-bond acceptors (Lipinski definition) is 2. The molecule has 3 nitrogen and oxygen atoms in total. The lowest BCUT2D eigenvalue weighted by molar-refractivity contribution is -0.906. The summed E-state index contributed by atoms with van der Waals surface area (Å²) in [4.78, 5) is 0. The third-order valence-corrected chi connectivity index (χ3v) is 6.85. The fraction of sp³-hybridized carbons (Fsp3) is 0.667. The van der Waals surface area contributed by atoms with Gasteiger partial charge < -0.3 is 14.6 Å². The van der Waals surface area contributed by atoms with Crippen LogP contribution in [0, 0.1) is 5.21 Å². The third kappa shape index (κ3) is 1.51. The average molecular weight is 287 g/mol. The lowest BCUT2D eigenvalue weighted by atomic mass is 9.53. The highest BCUT2D eigenvalue weighted by molar-refractivity contribution is 5.46. The van der Waals surface area contributed by atoms with Crippen molar-refractivity contribution < 1.29 is 9.38 Å². The van der Waals surface area contributed by atoms with Gasteiger partial charge in [-0.3, -0.25) is 0 Å². The van der Waals surface area contributed by atoms with Gasteiger partial charge in [-0.15, -0.1) is 0 Å². The highest BCUT2D eigenvalue weighted by Crippen LogP contribution is 2.63. The molecule has 1 aliphatic heterocycles. The molecule has 114 valence electrons. The van der Waals surface area contributed by atoms with Crippen LogP contribution in [0.4, 0.5) is 0 Å². The smallest absolute Gasteiger partial charge is 0.119 e. The van der Waals surface area contributed by atoms with Crippen molar-refractivity contribution in [2.24, 2.45) is 0 Å². The van der Waals surface area contributed by atoms with Crippen molar-refractivity contribution in [3.63, 3.8) is 0 Å². The topological polar surface area (TPSA) is 32.3 Å². The molecule has 0 radical (unpaired) electrons. The Morgan fingerprint density at radius 1 is 1.14 bits per heavy atom. The summed E-state index contributed by atoms with van der Waals surface area (Å²) in [5, 5.41) is 13.3. The highest BCUT2D eigenvalue weighted by Gasteiger charge is 2.67. The number of hydrogen-bond donors (Lipinski definition) is 0. The molecule has 3 atom stereocenters. The van der Waals surface area contributed by atoms with Crippen LogP contribution in [0.2, 0.25) is 0 Å². The molecule has 1 saturated carbocycles. The number of ether oxygens (including phenoxy) is 1. The van der Waals surface area contributed by atoms with Gasteiger partial charge >= 0.3 is 0 Å². The van der Waals surface area contributed by atoms with E-state index in [1.165, 1.54) is 30.4 Å². The standard InChI is InChI=1S/C18H25NO2/c1-19(20)12-11-17-8-3-4-9-18(17,19)10-7-14-5-6-15(21-2)13-16(14)17/h5-6,13H,3-4,7-12H2,1-2H3/t17-,18+,19?/m1/s1. The Bertz CT molecular complexity index is 583. The summed E-state index contributed by atoms with van der Waals surface area (Å²) in [6, 6.07) is 6.54. The zero-order valence-electron chi connectivity index (χ0n) is 13.2. The fourth-order valence-electron chi connectivity index (χ4n) is 5.79. The summed E-state index contributed by atoms with van der Waals surface area (Å²) in [5.41, 5.74) is 2.91. The Hall–Kier alpha value is -1.06. The van der Waals surface area contributed by atoms with Crippen molar-refractivity contribution in [3.8, 4) is 5.75 Å². The van der Waals surface area contributed by atoms with Crippen LogP contribution in [0.25, 0.3) is 0 Å². The Balaban J connectivity index is 1.94. The van der Waals surface area contributed by atoms with E-state index >= 15 is 0 Å². The van der Waals surface area contributed by atoms with Gasteiger partial charge in [0.2, 0.25) is 0 Å². The minimum Gasteiger partial charge on any atom is -0.633 e. The highest BCUT2D eigenvalue weighted by atomic mass is 16.5. The zero-order chi connectivity index (χ0) is 14.7. The van der Waals surface area contributed by atoms with Gasteiger partial charge in [-0.2, -0.15) is 0 Å². The minimum atomic E-state index is -0.0788. The first-order valence-electron chi connectivity index (χ1n) is 8.29. The molecular weight excluding hydrogens is 262 g/mol. The van der Waals surface area contributed by atoms with Gasteiger partial charge in [-0.05, 0) is 42.5 Å². The summed E-state index contributed by atoms with van der Waals surface area (Å²) < 4.78 is 5.45. The summed E-state index contributed by atoms with van der Waals surface area (Å²) in [7, 11) is 3.66. The van der Waals surface area contributed by atoms with Gasteiger partial charge in [0, 0.05) is 19.3 Å². The molecule has 21 heavy (non-hydrogen) atoms. The van der Waals surface area contributed by atoms with Gasteiger partial charge in [0.05, 0.1) is 26.1 Å². The largest absolute Gasteiger partial charge is 0.633 e. The number of nitrogens with zero attached hydrogens (tertiary/aromatic N) is 1. The van der Waals surface area contributed by atoms with E-state index in [2.05, 4.69) is 18.2 Å². The van der Waals surface area contributed by atoms with Gasteiger partial charge in [0.25, 0.3) is 0 Å². The molecule has 3 aliphatic rings. The first-order chi connectivity index (χ1) is 10.0. The molecule has 3 heteroatoms.